The Morgan fingerprint density at radius 2 is 1.96 bits per heavy atom. The topological polar surface area (TPSA) is 57.7 Å². The first-order chi connectivity index (χ1) is 12.3. The van der Waals surface area contributed by atoms with E-state index in [9.17, 15) is 4.79 Å². The Balaban J connectivity index is 1.45. The molecule has 0 radical (unpaired) electrons. The summed E-state index contributed by atoms with van der Waals surface area (Å²) in [5, 5.41) is 3.02. The van der Waals surface area contributed by atoms with Crippen LogP contribution in [0.4, 0.5) is 10.6 Å². The monoisotopic (exact) mass is 424 g/mol. The number of likely N-dealkylation sites (tertiary alicyclic amines) is 1. The third-order valence-corrected chi connectivity index (χ3v) is 5.39. The highest BCUT2D eigenvalue weighted by atomic mass is 79.9. The molecule has 0 aromatic carbocycles. The second-order valence-electron chi connectivity index (χ2n) is 8.16. The molecule has 1 atom stereocenters. The van der Waals surface area contributed by atoms with Crippen molar-refractivity contribution in [3.63, 3.8) is 0 Å². The first kappa shape index (κ1) is 19.4. The van der Waals surface area contributed by atoms with E-state index in [4.69, 9.17) is 4.74 Å². The number of anilines is 1. The normalized spacial score (nSPS) is 22.5. The molecule has 0 spiro atoms. The van der Waals surface area contributed by atoms with Crippen LogP contribution >= 0.6 is 15.9 Å². The molecule has 26 heavy (non-hydrogen) atoms. The Hall–Kier alpha value is -1.34. The highest BCUT2D eigenvalue weighted by molar-refractivity contribution is 9.10. The summed E-state index contributed by atoms with van der Waals surface area (Å²) in [6, 6.07) is 6.84. The van der Waals surface area contributed by atoms with Crippen LogP contribution in [0.3, 0.4) is 0 Å². The van der Waals surface area contributed by atoms with Gasteiger partial charge in [0, 0.05) is 38.3 Å². The van der Waals surface area contributed by atoms with E-state index in [-0.39, 0.29) is 12.1 Å². The van der Waals surface area contributed by atoms with Crippen LogP contribution in [0.5, 0.6) is 0 Å². The summed E-state index contributed by atoms with van der Waals surface area (Å²) in [6.45, 7) is 9.67. The summed E-state index contributed by atoms with van der Waals surface area (Å²) >= 11 is 3.45. The van der Waals surface area contributed by atoms with Crippen molar-refractivity contribution >= 4 is 27.8 Å². The number of alkyl carbamates (subject to hydrolysis) is 1. The molecule has 2 fully saturated rings. The van der Waals surface area contributed by atoms with E-state index >= 15 is 0 Å². The Labute approximate surface area is 164 Å². The number of halogens is 1. The number of aromatic nitrogens is 1. The van der Waals surface area contributed by atoms with Crippen LogP contribution in [0.2, 0.25) is 0 Å². The summed E-state index contributed by atoms with van der Waals surface area (Å²) in [4.78, 5) is 21.4. The number of hydrogen-bond acceptors (Lipinski definition) is 5. The number of rotatable bonds is 3. The van der Waals surface area contributed by atoms with Crippen LogP contribution < -0.4 is 10.2 Å². The lowest BCUT2D eigenvalue weighted by Crippen LogP contribution is -2.46. The molecule has 3 heterocycles. The van der Waals surface area contributed by atoms with E-state index in [2.05, 4.69) is 42.1 Å². The molecule has 1 unspecified atom stereocenters. The fraction of sp³-hybridized carbons (Fsp3) is 0.684. The number of nitrogens with zero attached hydrogens (tertiary/aromatic N) is 3. The Kier molecular flexibility index (Phi) is 6.07. The lowest BCUT2D eigenvalue weighted by molar-refractivity contribution is 0.0504. The molecule has 2 saturated heterocycles. The lowest BCUT2D eigenvalue weighted by atomic mass is 10.0. The third-order valence-electron chi connectivity index (χ3n) is 4.95. The smallest absolute Gasteiger partial charge is 0.407 e. The molecular formula is C19H29BrN4O2. The predicted molar refractivity (Wildman–Crippen MR) is 107 cm³/mol. The van der Waals surface area contributed by atoms with Gasteiger partial charge in [0.15, 0.2) is 0 Å². The zero-order chi connectivity index (χ0) is 18.7. The average molecular weight is 425 g/mol. The number of nitrogens with one attached hydrogen (secondary N) is 1. The van der Waals surface area contributed by atoms with Gasteiger partial charge in [-0.05, 0) is 68.1 Å². The van der Waals surface area contributed by atoms with Gasteiger partial charge in [0.05, 0.1) is 0 Å². The molecule has 1 aromatic rings. The maximum atomic E-state index is 12.0. The minimum Gasteiger partial charge on any atom is -0.444 e. The van der Waals surface area contributed by atoms with Gasteiger partial charge >= 0.3 is 6.09 Å². The maximum Gasteiger partial charge on any atom is 0.407 e. The zero-order valence-electron chi connectivity index (χ0n) is 15.9. The molecule has 1 N–H and O–H groups in total. The van der Waals surface area contributed by atoms with Crippen molar-refractivity contribution in [2.24, 2.45) is 0 Å². The number of ether oxygens (including phenoxy) is 1. The number of piperidine rings is 1. The quantitative estimate of drug-likeness (QED) is 0.753. The number of hydrogen-bond donors (Lipinski definition) is 1. The van der Waals surface area contributed by atoms with E-state index in [1.165, 1.54) is 0 Å². The van der Waals surface area contributed by atoms with Crippen LogP contribution in [0.25, 0.3) is 0 Å². The van der Waals surface area contributed by atoms with Crippen molar-refractivity contribution in [1.82, 2.24) is 15.2 Å². The van der Waals surface area contributed by atoms with Gasteiger partial charge in [-0.3, -0.25) is 4.90 Å². The van der Waals surface area contributed by atoms with Gasteiger partial charge in [-0.1, -0.05) is 6.07 Å². The van der Waals surface area contributed by atoms with E-state index < -0.39 is 5.60 Å². The van der Waals surface area contributed by atoms with E-state index in [1.807, 2.05) is 32.9 Å². The van der Waals surface area contributed by atoms with Gasteiger partial charge in [0.25, 0.3) is 0 Å². The first-order valence-electron chi connectivity index (χ1n) is 9.41. The zero-order valence-corrected chi connectivity index (χ0v) is 17.5. The summed E-state index contributed by atoms with van der Waals surface area (Å²) in [5.74, 6) is 1.05. The molecule has 7 heteroatoms. The van der Waals surface area contributed by atoms with Crippen molar-refractivity contribution in [3.8, 4) is 0 Å². The first-order valence-corrected chi connectivity index (χ1v) is 10.2. The van der Waals surface area contributed by atoms with Crippen molar-refractivity contribution in [3.05, 3.63) is 22.8 Å². The number of carbonyl (C=O) groups is 1. The van der Waals surface area contributed by atoms with Crippen LogP contribution in [0.1, 0.15) is 40.0 Å². The SMILES string of the molecule is CC(C)(C)OC(=O)NC1CCN(C2CCN(c3cccc(Br)n3)CC2)C1. The third kappa shape index (κ3) is 5.33. The van der Waals surface area contributed by atoms with E-state index in [1.54, 1.807) is 0 Å². The van der Waals surface area contributed by atoms with Gasteiger partial charge in [0.1, 0.15) is 16.0 Å². The summed E-state index contributed by atoms with van der Waals surface area (Å²) < 4.78 is 6.25. The minimum atomic E-state index is -0.449. The number of carbonyl (C=O) groups excluding carboxylic acids is 1. The van der Waals surface area contributed by atoms with Gasteiger partial charge < -0.3 is 15.0 Å². The lowest BCUT2D eigenvalue weighted by Gasteiger charge is -2.37. The Morgan fingerprint density at radius 1 is 1.23 bits per heavy atom. The molecular weight excluding hydrogens is 396 g/mol. The van der Waals surface area contributed by atoms with E-state index in [0.29, 0.717) is 6.04 Å². The molecule has 1 aromatic heterocycles. The van der Waals surface area contributed by atoms with Crippen molar-refractivity contribution < 1.29 is 9.53 Å². The molecule has 2 aliphatic rings. The van der Waals surface area contributed by atoms with Gasteiger partial charge in [0.2, 0.25) is 0 Å². The van der Waals surface area contributed by atoms with Crippen molar-refractivity contribution in [2.45, 2.75) is 57.7 Å². The molecule has 6 nitrogen and oxygen atoms in total. The number of amides is 1. The highest BCUT2D eigenvalue weighted by Crippen LogP contribution is 2.25. The average Bonchev–Trinajstić information content (AvgIpc) is 3.01. The minimum absolute atomic E-state index is 0.189. The molecule has 3 rings (SSSR count). The second kappa shape index (κ2) is 8.13. The predicted octanol–water partition coefficient (Wildman–Crippen LogP) is 3.41. The van der Waals surface area contributed by atoms with Crippen LogP contribution in [-0.4, -0.2) is 59.8 Å². The largest absolute Gasteiger partial charge is 0.444 e. The highest BCUT2D eigenvalue weighted by Gasteiger charge is 2.32. The van der Waals surface area contributed by atoms with Gasteiger partial charge in [-0.25, -0.2) is 9.78 Å². The van der Waals surface area contributed by atoms with Crippen molar-refractivity contribution in [1.29, 1.82) is 0 Å². The second-order valence-corrected chi connectivity index (χ2v) is 8.98. The molecule has 0 saturated carbocycles. The molecule has 1 amide bonds. The van der Waals surface area contributed by atoms with Crippen molar-refractivity contribution in [2.75, 3.05) is 31.1 Å². The summed E-state index contributed by atoms with van der Waals surface area (Å²) in [6.07, 6.45) is 2.95. The van der Waals surface area contributed by atoms with Crippen LogP contribution in [0.15, 0.2) is 22.8 Å². The Morgan fingerprint density at radius 3 is 2.62 bits per heavy atom. The fourth-order valence-electron chi connectivity index (χ4n) is 3.74. The van der Waals surface area contributed by atoms with E-state index in [0.717, 1.165) is 55.9 Å². The summed E-state index contributed by atoms with van der Waals surface area (Å²) in [5.41, 5.74) is -0.449. The molecule has 0 aliphatic carbocycles. The molecule has 144 valence electrons. The number of pyridine rings is 1. The van der Waals surface area contributed by atoms with Gasteiger partial charge in [-0.15, -0.1) is 0 Å². The van der Waals surface area contributed by atoms with Crippen LogP contribution in [0, 0.1) is 0 Å². The standard InChI is InChI=1S/C19H29BrN4O2/c1-19(2,3)26-18(25)21-14-7-10-24(13-14)15-8-11-23(12-9-15)17-6-4-5-16(20)22-17/h4-6,14-15H,7-13H2,1-3H3,(H,21,25). The maximum absolute atomic E-state index is 12.0. The fourth-order valence-corrected chi connectivity index (χ4v) is 4.08. The summed E-state index contributed by atoms with van der Waals surface area (Å²) in [7, 11) is 0. The Bertz CT molecular complexity index is 626. The van der Waals surface area contributed by atoms with Gasteiger partial charge in [-0.2, -0.15) is 0 Å². The molecule has 2 aliphatic heterocycles. The van der Waals surface area contributed by atoms with Crippen LogP contribution in [-0.2, 0) is 4.74 Å². The molecule has 0 bridgehead atoms.